The van der Waals surface area contributed by atoms with Gasteiger partial charge in [-0.15, -0.1) is 0 Å². The predicted octanol–water partition coefficient (Wildman–Crippen LogP) is 0.873. The van der Waals surface area contributed by atoms with Crippen molar-refractivity contribution in [2.45, 2.75) is 86.9 Å². The topological polar surface area (TPSA) is 195 Å². The first kappa shape index (κ1) is 35.2. The molecule has 0 saturated carbocycles. The Hall–Kier alpha value is -3.81. The number of ketones is 2. The zero-order chi connectivity index (χ0) is 36.9. The van der Waals surface area contributed by atoms with Crippen LogP contribution in [0.4, 0.5) is 8.78 Å². The highest BCUT2D eigenvalue weighted by molar-refractivity contribution is 6.31. The molecule has 280 valence electrons. The van der Waals surface area contributed by atoms with E-state index in [0.717, 1.165) is 0 Å². The van der Waals surface area contributed by atoms with Crippen LogP contribution in [0, 0.1) is 0 Å². The van der Waals surface area contributed by atoms with Gasteiger partial charge in [-0.2, -0.15) is 0 Å². The van der Waals surface area contributed by atoms with Crippen LogP contribution in [0.3, 0.4) is 0 Å². The molecule has 1 unspecified atom stereocenters. The summed E-state index contributed by atoms with van der Waals surface area (Å²) in [6.45, 7) is 1.77. The molecule has 4 saturated heterocycles. The third-order valence-corrected chi connectivity index (χ3v) is 11.1. The average molecular weight is 732 g/mol. The molecule has 0 spiro atoms. The van der Waals surface area contributed by atoms with Crippen molar-refractivity contribution in [1.82, 2.24) is 15.5 Å². The van der Waals surface area contributed by atoms with Gasteiger partial charge in [-0.1, -0.05) is 12.1 Å². The monoisotopic (exact) mass is 731 g/mol. The van der Waals surface area contributed by atoms with E-state index in [-0.39, 0.29) is 47.0 Å². The van der Waals surface area contributed by atoms with Gasteiger partial charge in [0.2, 0.25) is 5.78 Å². The van der Waals surface area contributed by atoms with E-state index in [0.29, 0.717) is 13.2 Å². The van der Waals surface area contributed by atoms with Crippen LogP contribution in [0.2, 0.25) is 0 Å². The van der Waals surface area contributed by atoms with Gasteiger partial charge in [0.15, 0.2) is 24.6 Å². The second-order valence-corrected chi connectivity index (χ2v) is 14.1. The molecule has 15 nitrogen and oxygen atoms in total. The van der Waals surface area contributed by atoms with Gasteiger partial charge in [-0.05, 0) is 13.0 Å². The van der Waals surface area contributed by atoms with E-state index in [1.54, 1.807) is 6.92 Å². The van der Waals surface area contributed by atoms with E-state index in [1.165, 1.54) is 32.4 Å². The SMILES string of the molecule is COc1cccc2c1C(=O)c1c(O)c3c(c(O)c1C2=O)C[C@@](O)(C(=O)NC1CNCC1(F)F)C[C@@H]3O[C@H]1C[C@H]2[C@H](O[C@@H]3[C@@H](OC)OCCN32)[C@H](C)O1. The van der Waals surface area contributed by atoms with Crippen LogP contribution in [0.1, 0.15) is 68.8 Å². The minimum Gasteiger partial charge on any atom is -0.507 e. The maximum absolute atomic E-state index is 14.6. The Kier molecular flexibility index (Phi) is 8.58. The number of phenols is 2. The Morgan fingerprint density at radius 1 is 1.10 bits per heavy atom. The number of ether oxygens (including phenoxy) is 6. The first-order valence-electron chi connectivity index (χ1n) is 17.1. The standard InChI is InChI=1S/C35H39F2N3O12/c1-14-30-17(40-7-8-49-32(48-3)31(40)52-30)9-21(50-14)51-19-11-34(46,33(45)39-20-12-38-13-35(20,36)37)10-16-23(19)29(44)25-24(27(16)42)26(41)15-5-4-6-18(47-2)22(15)28(25)43/h4-6,14,17,19-21,30-32,38,42,44,46H,7-13H2,1-3H3,(H,39,45)/t14-,17-,19-,20?,21-,30+,31+,32-,34-/m0/s1. The number of hydrogen-bond acceptors (Lipinski definition) is 14. The molecule has 4 heterocycles. The van der Waals surface area contributed by atoms with Gasteiger partial charge in [0.1, 0.15) is 35.0 Å². The molecule has 4 aliphatic heterocycles. The van der Waals surface area contributed by atoms with Crippen molar-refractivity contribution in [2.75, 3.05) is 40.5 Å². The minimum atomic E-state index is -3.31. The number of alkyl halides is 2. The quantitative estimate of drug-likeness (QED) is 0.224. The van der Waals surface area contributed by atoms with Crippen molar-refractivity contribution in [3.05, 3.63) is 51.6 Å². The number of aliphatic hydroxyl groups is 1. The summed E-state index contributed by atoms with van der Waals surface area (Å²) in [4.78, 5) is 43.7. The average Bonchev–Trinajstić information content (AvgIpc) is 3.66. The van der Waals surface area contributed by atoms with Crippen molar-refractivity contribution in [3.8, 4) is 17.2 Å². The summed E-state index contributed by atoms with van der Waals surface area (Å²) >= 11 is 0. The van der Waals surface area contributed by atoms with Crippen molar-refractivity contribution < 1.29 is 66.9 Å². The Morgan fingerprint density at radius 2 is 1.87 bits per heavy atom. The third-order valence-electron chi connectivity index (χ3n) is 11.1. The summed E-state index contributed by atoms with van der Waals surface area (Å²) in [5, 5.41) is 40.4. The second kappa shape index (κ2) is 12.7. The van der Waals surface area contributed by atoms with Crippen molar-refractivity contribution in [2.24, 2.45) is 0 Å². The Morgan fingerprint density at radius 3 is 2.58 bits per heavy atom. The fourth-order valence-electron chi connectivity index (χ4n) is 8.61. The number of halogens is 2. The molecule has 2 aromatic rings. The zero-order valence-corrected chi connectivity index (χ0v) is 28.5. The minimum absolute atomic E-state index is 0.0743. The molecule has 0 radical (unpaired) electrons. The maximum atomic E-state index is 14.6. The normalized spacial score (nSPS) is 34.9. The van der Waals surface area contributed by atoms with Gasteiger partial charge in [-0.3, -0.25) is 19.3 Å². The van der Waals surface area contributed by atoms with Crippen LogP contribution in [0.25, 0.3) is 0 Å². The lowest BCUT2D eigenvalue weighted by atomic mass is 9.72. The lowest BCUT2D eigenvalue weighted by Gasteiger charge is -2.43. The first-order chi connectivity index (χ1) is 24.8. The van der Waals surface area contributed by atoms with Gasteiger partial charge < -0.3 is 54.4 Å². The Balaban J connectivity index is 1.19. The van der Waals surface area contributed by atoms with Gasteiger partial charge >= 0.3 is 0 Å². The zero-order valence-electron chi connectivity index (χ0n) is 28.5. The molecule has 0 aromatic heterocycles. The summed E-state index contributed by atoms with van der Waals surface area (Å²) in [7, 11) is 2.83. The summed E-state index contributed by atoms with van der Waals surface area (Å²) < 4.78 is 64.6. The number of morpholine rings is 1. The van der Waals surface area contributed by atoms with Crippen molar-refractivity contribution in [3.63, 3.8) is 0 Å². The molecule has 0 bridgehead atoms. The van der Waals surface area contributed by atoms with Crippen molar-refractivity contribution >= 4 is 17.5 Å². The van der Waals surface area contributed by atoms with Gasteiger partial charge in [0, 0.05) is 62.2 Å². The van der Waals surface area contributed by atoms with Crippen LogP contribution in [0.5, 0.6) is 17.2 Å². The number of carbonyl (C=O) groups is 3. The number of amides is 1. The highest BCUT2D eigenvalue weighted by atomic mass is 19.3. The highest BCUT2D eigenvalue weighted by Crippen LogP contribution is 2.53. The lowest BCUT2D eigenvalue weighted by Crippen LogP contribution is -2.58. The Bertz CT molecular complexity index is 1840. The van der Waals surface area contributed by atoms with Crippen LogP contribution in [-0.4, -0.2) is 133 Å². The molecule has 8 rings (SSSR count). The number of nitrogens with one attached hydrogen (secondary N) is 2. The number of phenolic OH excluding ortho intramolecular Hbond substituents is 2. The molecule has 17 heteroatoms. The highest BCUT2D eigenvalue weighted by Gasteiger charge is 2.56. The maximum Gasteiger partial charge on any atom is 0.281 e. The number of nitrogens with zero attached hydrogens (tertiary/aromatic N) is 1. The molecule has 52 heavy (non-hydrogen) atoms. The molecule has 1 amide bonds. The summed E-state index contributed by atoms with van der Waals surface area (Å²) in [6, 6.07) is 2.46. The van der Waals surface area contributed by atoms with Crippen LogP contribution in [0.15, 0.2) is 18.2 Å². The molecular weight excluding hydrogens is 692 g/mol. The number of benzene rings is 2. The van der Waals surface area contributed by atoms with E-state index < -0.39 is 114 Å². The summed E-state index contributed by atoms with van der Waals surface area (Å²) in [6.07, 6.45) is -5.63. The largest absolute Gasteiger partial charge is 0.507 e. The number of methoxy groups -OCH3 is 2. The molecule has 6 aliphatic rings. The van der Waals surface area contributed by atoms with Gasteiger partial charge in [-0.25, -0.2) is 8.78 Å². The fourth-order valence-corrected chi connectivity index (χ4v) is 8.61. The number of rotatable bonds is 6. The molecule has 2 aromatic carbocycles. The first-order valence-corrected chi connectivity index (χ1v) is 17.1. The number of aromatic hydroxyl groups is 2. The second-order valence-electron chi connectivity index (χ2n) is 14.1. The van der Waals surface area contributed by atoms with E-state index >= 15 is 0 Å². The summed E-state index contributed by atoms with van der Waals surface area (Å²) in [5.41, 5.74) is -4.11. The summed E-state index contributed by atoms with van der Waals surface area (Å²) in [5.74, 6) is -7.46. The van der Waals surface area contributed by atoms with Gasteiger partial charge in [0.25, 0.3) is 11.8 Å². The number of hydrogen-bond donors (Lipinski definition) is 5. The van der Waals surface area contributed by atoms with E-state index in [1.807, 2.05) is 0 Å². The van der Waals surface area contributed by atoms with Crippen LogP contribution in [-0.2, 0) is 34.9 Å². The number of fused-ring (bicyclic) bond motifs is 6. The van der Waals surface area contributed by atoms with E-state index in [9.17, 15) is 38.5 Å². The fraction of sp³-hybridized carbons (Fsp3) is 0.571. The molecule has 4 fully saturated rings. The molecule has 2 aliphatic carbocycles. The van der Waals surface area contributed by atoms with Gasteiger partial charge in [0.05, 0.1) is 49.2 Å². The third kappa shape index (κ3) is 5.32. The molecule has 9 atom stereocenters. The predicted molar refractivity (Wildman–Crippen MR) is 171 cm³/mol. The smallest absolute Gasteiger partial charge is 0.281 e. The molecule has 5 N–H and O–H groups in total. The Labute approximate surface area is 296 Å². The van der Waals surface area contributed by atoms with E-state index in [2.05, 4.69) is 15.5 Å². The lowest BCUT2D eigenvalue weighted by molar-refractivity contribution is -0.256. The number of carbonyl (C=O) groups excluding carboxylic acids is 3. The van der Waals surface area contributed by atoms with E-state index in [4.69, 9.17) is 28.4 Å². The van der Waals surface area contributed by atoms with Crippen molar-refractivity contribution in [1.29, 1.82) is 0 Å². The van der Waals surface area contributed by atoms with Crippen LogP contribution >= 0.6 is 0 Å². The van der Waals surface area contributed by atoms with Crippen LogP contribution < -0.4 is 15.4 Å². The molecular formula is C35H39F2N3O12.